The topological polar surface area (TPSA) is 114 Å². The van der Waals surface area contributed by atoms with E-state index in [4.69, 9.17) is 9.15 Å². The molecule has 0 spiro atoms. The number of hydrogen-bond acceptors (Lipinski definition) is 7. The third-order valence-corrected chi connectivity index (χ3v) is 10.1. The molecule has 1 saturated carbocycles. The van der Waals surface area contributed by atoms with Crippen LogP contribution in [0.5, 0.6) is 5.75 Å². The van der Waals surface area contributed by atoms with Gasteiger partial charge in [-0.25, -0.2) is 0 Å². The minimum Gasteiger partial charge on any atom is -0.494 e. The maximum atomic E-state index is 13.5. The van der Waals surface area contributed by atoms with Gasteiger partial charge in [0.2, 0.25) is 5.91 Å². The van der Waals surface area contributed by atoms with Gasteiger partial charge in [0.1, 0.15) is 17.4 Å². The zero-order valence-corrected chi connectivity index (χ0v) is 29.4. The molecule has 0 bridgehead atoms. The van der Waals surface area contributed by atoms with Gasteiger partial charge in [-0.2, -0.15) is 0 Å². The van der Waals surface area contributed by atoms with Crippen LogP contribution < -0.4 is 15.4 Å². The number of amides is 2. The second-order valence-electron chi connectivity index (χ2n) is 14.3. The summed E-state index contributed by atoms with van der Waals surface area (Å²) in [5.41, 5.74) is 3.78. The third-order valence-electron chi connectivity index (χ3n) is 10.1. The Labute approximate surface area is 295 Å². The highest BCUT2D eigenvalue weighted by Crippen LogP contribution is 2.28. The van der Waals surface area contributed by atoms with Gasteiger partial charge in [-0.3, -0.25) is 24.3 Å². The molecule has 6 rings (SSSR count). The first kappa shape index (κ1) is 35.3. The molecule has 50 heavy (non-hydrogen) atoms. The number of fused-ring (bicyclic) bond motifs is 1. The second kappa shape index (κ2) is 16.9. The normalized spacial score (nSPS) is 18.1. The molecule has 2 atom stereocenters. The SMILES string of the molecule is CC(C)C(NC(=O)c1cc2cc(OCCC3CCCCC3)ccc2o1)C(=O)NC1CCCN(CCc2cccc(-c3ccccn3)c2)CC1=O. The van der Waals surface area contributed by atoms with Gasteiger partial charge in [0.25, 0.3) is 5.91 Å². The van der Waals surface area contributed by atoms with E-state index < -0.39 is 18.0 Å². The van der Waals surface area contributed by atoms with E-state index in [1.54, 1.807) is 12.3 Å². The number of hydrogen-bond donors (Lipinski definition) is 2. The number of likely N-dealkylation sites (tertiary alicyclic amines) is 1. The van der Waals surface area contributed by atoms with Crippen molar-refractivity contribution >= 4 is 28.6 Å². The number of ketones is 1. The molecule has 2 aliphatic rings. The van der Waals surface area contributed by atoms with Crippen molar-refractivity contribution in [1.29, 1.82) is 0 Å². The summed E-state index contributed by atoms with van der Waals surface area (Å²) in [5.74, 6) is 0.576. The highest BCUT2D eigenvalue weighted by atomic mass is 16.5. The Balaban J connectivity index is 1.000. The Morgan fingerprint density at radius 1 is 0.980 bits per heavy atom. The van der Waals surface area contributed by atoms with E-state index in [1.807, 2.05) is 56.3 Å². The monoisotopic (exact) mass is 678 g/mol. The van der Waals surface area contributed by atoms with Gasteiger partial charge in [-0.05, 0) is 92.1 Å². The largest absolute Gasteiger partial charge is 0.494 e. The first-order valence-electron chi connectivity index (χ1n) is 18.4. The summed E-state index contributed by atoms with van der Waals surface area (Å²) < 4.78 is 11.9. The molecule has 0 radical (unpaired) electrons. The fraction of sp³-hybridized carbons (Fsp3) is 0.463. The number of rotatable bonds is 13. The molecule has 9 nitrogen and oxygen atoms in total. The van der Waals surface area contributed by atoms with Gasteiger partial charge < -0.3 is 19.8 Å². The Morgan fingerprint density at radius 3 is 2.64 bits per heavy atom. The number of ether oxygens (including phenoxy) is 1. The van der Waals surface area contributed by atoms with Crippen LogP contribution in [0.3, 0.4) is 0 Å². The lowest BCUT2D eigenvalue weighted by atomic mass is 9.87. The van der Waals surface area contributed by atoms with E-state index in [0.29, 0.717) is 18.6 Å². The van der Waals surface area contributed by atoms with Crippen LogP contribution in [0.1, 0.15) is 81.3 Å². The molecule has 264 valence electrons. The first-order valence-corrected chi connectivity index (χ1v) is 18.4. The zero-order chi connectivity index (χ0) is 34.9. The van der Waals surface area contributed by atoms with E-state index in [2.05, 4.69) is 38.7 Å². The Kier molecular flexibility index (Phi) is 12.0. The Hall–Kier alpha value is -4.50. The molecule has 4 aromatic rings. The number of aromatic nitrogens is 1. The van der Waals surface area contributed by atoms with Crippen molar-refractivity contribution < 1.29 is 23.5 Å². The predicted molar refractivity (Wildman–Crippen MR) is 195 cm³/mol. The molecule has 9 heteroatoms. The molecular formula is C41H50N4O5. The third kappa shape index (κ3) is 9.38. The average molecular weight is 679 g/mol. The molecule has 2 N–H and O–H groups in total. The minimum atomic E-state index is -0.826. The van der Waals surface area contributed by atoms with Gasteiger partial charge in [-0.15, -0.1) is 0 Å². The van der Waals surface area contributed by atoms with Crippen molar-refractivity contribution in [3.63, 3.8) is 0 Å². The summed E-state index contributed by atoms with van der Waals surface area (Å²) in [4.78, 5) is 46.8. The van der Waals surface area contributed by atoms with Crippen molar-refractivity contribution in [2.45, 2.75) is 83.7 Å². The molecule has 1 aliphatic carbocycles. The van der Waals surface area contributed by atoms with Crippen molar-refractivity contribution in [2.24, 2.45) is 11.8 Å². The predicted octanol–water partition coefficient (Wildman–Crippen LogP) is 6.99. The fourth-order valence-corrected chi connectivity index (χ4v) is 7.19. The van der Waals surface area contributed by atoms with E-state index >= 15 is 0 Å². The summed E-state index contributed by atoms with van der Waals surface area (Å²) in [6.07, 6.45) is 11.6. The number of furan rings is 1. The van der Waals surface area contributed by atoms with E-state index in [1.165, 1.54) is 37.7 Å². The van der Waals surface area contributed by atoms with Crippen molar-refractivity contribution in [3.8, 4) is 17.0 Å². The van der Waals surface area contributed by atoms with Gasteiger partial charge in [0.05, 0.1) is 24.9 Å². The van der Waals surface area contributed by atoms with E-state index in [-0.39, 0.29) is 29.9 Å². The highest BCUT2D eigenvalue weighted by molar-refractivity contribution is 5.99. The molecular weight excluding hydrogens is 628 g/mol. The maximum absolute atomic E-state index is 13.5. The Morgan fingerprint density at radius 2 is 1.84 bits per heavy atom. The lowest BCUT2D eigenvalue weighted by Gasteiger charge is -2.24. The van der Waals surface area contributed by atoms with Crippen LogP contribution in [0.15, 0.2) is 77.3 Å². The van der Waals surface area contributed by atoms with Crippen LogP contribution >= 0.6 is 0 Å². The number of carbonyl (C=O) groups is 3. The smallest absolute Gasteiger partial charge is 0.287 e. The zero-order valence-electron chi connectivity index (χ0n) is 29.4. The van der Waals surface area contributed by atoms with Crippen molar-refractivity contribution in [2.75, 3.05) is 26.2 Å². The lowest BCUT2D eigenvalue weighted by Crippen LogP contribution is -2.54. The van der Waals surface area contributed by atoms with Gasteiger partial charge in [0, 0.05) is 23.7 Å². The van der Waals surface area contributed by atoms with Crippen LogP contribution in [0.2, 0.25) is 0 Å². The molecule has 2 amide bonds. The van der Waals surface area contributed by atoms with Gasteiger partial charge >= 0.3 is 0 Å². The van der Waals surface area contributed by atoms with Crippen LogP contribution in [-0.4, -0.2) is 65.8 Å². The molecule has 1 saturated heterocycles. The van der Waals surface area contributed by atoms with Crippen molar-refractivity contribution in [1.82, 2.24) is 20.5 Å². The number of nitrogens with one attached hydrogen (secondary N) is 2. The lowest BCUT2D eigenvalue weighted by molar-refractivity contribution is -0.129. The summed E-state index contributed by atoms with van der Waals surface area (Å²) in [5, 5.41) is 6.59. The Bertz CT molecular complexity index is 1750. The van der Waals surface area contributed by atoms with Gasteiger partial charge in [-0.1, -0.05) is 70.2 Å². The number of benzene rings is 2. The first-order chi connectivity index (χ1) is 24.3. The minimum absolute atomic E-state index is 0.0130. The second-order valence-corrected chi connectivity index (χ2v) is 14.3. The number of nitrogens with zero attached hydrogens (tertiary/aromatic N) is 2. The quantitative estimate of drug-likeness (QED) is 0.157. The van der Waals surface area contributed by atoms with Crippen LogP contribution in [0.25, 0.3) is 22.2 Å². The summed E-state index contributed by atoms with van der Waals surface area (Å²) in [7, 11) is 0. The molecule has 2 aromatic heterocycles. The fourth-order valence-electron chi connectivity index (χ4n) is 7.19. The van der Waals surface area contributed by atoms with Gasteiger partial charge in [0.15, 0.2) is 11.5 Å². The van der Waals surface area contributed by atoms with E-state index in [0.717, 1.165) is 60.7 Å². The van der Waals surface area contributed by atoms with Crippen LogP contribution in [-0.2, 0) is 16.0 Å². The number of pyridine rings is 1. The van der Waals surface area contributed by atoms with E-state index in [9.17, 15) is 14.4 Å². The summed E-state index contributed by atoms with van der Waals surface area (Å²) >= 11 is 0. The van der Waals surface area contributed by atoms with Crippen molar-refractivity contribution in [3.05, 3.63) is 84.3 Å². The molecule has 2 fully saturated rings. The summed E-state index contributed by atoms with van der Waals surface area (Å²) in [6.45, 7) is 6.22. The highest BCUT2D eigenvalue weighted by Gasteiger charge is 2.31. The molecule has 3 heterocycles. The standard InChI is InChI=1S/C41H50N4O5/c1-28(2)39(44-40(47)38-26-32-25-33(16-17-37(32)50-38)49-23-19-29-10-4-3-5-11-29)41(48)43-35-15-9-21-45(27-36(35)46)22-18-30-12-8-13-31(24-30)34-14-6-7-20-42-34/h6-8,12-14,16-17,20,24-26,28-29,35,39H,3-5,9-11,15,18-19,21-23,27H2,1-2H3,(H,43,48)(H,44,47). The summed E-state index contributed by atoms with van der Waals surface area (Å²) in [6, 6.07) is 20.1. The maximum Gasteiger partial charge on any atom is 0.287 e. The average Bonchev–Trinajstić information content (AvgIpc) is 3.48. The molecule has 1 aliphatic heterocycles. The number of Topliss-reactive ketones (excluding diaryl/α,β-unsaturated/α-hetero) is 1. The molecule has 2 unspecified atom stereocenters. The van der Waals surface area contributed by atoms with Crippen LogP contribution in [0.4, 0.5) is 0 Å². The molecule has 2 aromatic carbocycles. The number of carbonyl (C=O) groups excluding carboxylic acids is 3. The van der Waals surface area contributed by atoms with Crippen LogP contribution in [0, 0.1) is 11.8 Å².